The number of aryl methyl sites for hydroxylation is 1. The van der Waals surface area contributed by atoms with E-state index in [1.54, 1.807) is 18.2 Å². The molecule has 1 aliphatic rings. The number of anilines is 2. The van der Waals surface area contributed by atoms with Gasteiger partial charge in [-0.2, -0.15) is 0 Å². The zero-order valence-corrected chi connectivity index (χ0v) is 20.2. The van der Waals surface area contributed by atoms with Crippen LogP contribution in [0.15, 0.2) is 60.7 Å². The second kappa shape index (κ2) is 9.05. The maximum Gasteiger partial charge on any atom is 0.257 e. The molecule has 9 heteroatoms. The number of hydrogen-bond donors (Lipinski definition) is 2. The van der Waals surface area contributed by atoms with Gasteiger partial charge >= 0.3 is 0 Å². The van der Waals surface area contributed by atoms with E-state index < -0.39 is 34.0 Å². The number of carbonyl (C=O) groups excluding carboxylic acids is 2. The lowest BCUT2D eigenvalue weighted by atomic mass is 10.1. The number of benzene rings is 3. The minimum atomic E-state index is -1.91. The second-order valence-corrected chi connectivity index (χ2v) is 9.90. The highest BCUT2D eigenvalue weighted by Crippen LogP contribution is 2.65. The summed E-state index contributed by atoms with van der Waals surface area (Å²) < 4.78 is 26.2. The van der Waals surface area contributed by atoms with Gasteiger partial charge < -0.3 is 10.6 Å². The second-order valence-electron chi connectivity index (χ2n) is 7.84. The van der Waals surface area contributed by atoms with Gasteiger partial charge in [0, 0.05) is 22.3 Å². The average Bonchev–Trinajstić information content (AvgIpc) is 3.32. The first-order chi connectivity index (χ1) is 15.6. The van der Waals surface area contributed by atoms with Crippen LogP contribution in [-0.4, -0.2) is 16.4 Å². The molecule has 170 valence electrons. The van der Waals surface area contributed by atoms with Crippen LogP contribution in [0.3, 0.4) is 0 Å². The van der Waals surface area contributed by atoms with Crippen LogP contribution in [0, 0.1) is 18.7 Å². The highest BCUT2D eigenvalue weighted by atomic mass is 79.9. The van der Waals surface area contributed by atoms with Crippen LogP contribution in [0.25, 0.3) is 0 Å². The van der Waals surface area contributed by atoms with Crippen molar-refractivity contribution in [2.75, 3.05) is 10.6 Å². The van der Waals surface area contributed by atoms with Crippen molar-refractivity contribution in [1.82, 2.24) is 0 Å². The van der Waals surface area contributed by atoms with Crippen LogP contribution in [0.2, 0.25) is 10.0 Å². The Labute approximate surface area is 207 Å². The maximum atomic E-state index is 15.1. The lowest BCUT2D eigenvalue weighted by Crippen LogP contribution is -2.18. The molecule has 3 atom stereocenters. The predicted molar refractivity (Wildman–Crippen MR) is 130 cm³/mol. The highest BCUT2D eigenvalue weighted by molar-refractivity contribution is 9.10. The molecule has 1 saturated carbocycles. The Morgan fingerprint density at radius 3 is 2.30 bits per heavy atom. The van der Waals surface area contributed by atoms with E-state index in [9.17, 15) is 14.0 Å². The fraction of sp³-hybridized carbons (Fsp3) is 0.167. The number of hydrogen-bond acceptors (Lipinski definition) is 2. The molecule has 0 radical (unpaired) electrons. The molecule has 0 aromatic heterocycles. The summed E-state index contributed by atoms with van der Waals surface area (Å²) in [5.41, 5.74) is 2.24. The Morgan fingerprint density at radius 1 is 0.970 bits per heavy atom. The van der Waals surface area contributed by atoms with Crippen molar-refractivity contribution in [1.29, 1.82) is 0 Å². The zero-order chi connectivity index (χ0) is 23.9. The van der Waals surface area contributed by atoms with Crippen LogP contribution in [0.4, 0.5) is 20.2 Å². The molecular weight excluding hydrogens is 537 g/mol. The molecule has 1 fully saturated rings. The molecule has 3 aromatic rings. The number of nitrogens with one attached hydrogen (secondary N) is 2. The molecule has 0 saturated heterocycles. The molecule has 0 heterocycles. The maximum absolute atomic E-state index is 15.1. The standard InChI is InChI=1S/C24H17BrCl2F2N2O2/c1-12-8-13(10-14(26)9-12)20-21(24(20,25)29)23(33)31-17-6-7-19(27)18(11-17)22(32)30-16-4-2-15(28)3-5-16/h2-11,20-21H,1H3,(H,30,32)(H,31,33). The van der Waals surface area contributed by atoms with Gasteiger partial charge in [0.2, 0.25) is 5.91 Å². The number of amides is 2. The molecule has 1 aliphatic carbocycles. The Morgan fingerprint density at radius 2 is 1.64 bits per heavy atom. The van der Waals surface area contributed by atoms with Gasteiger partial charge in [-0.25, -0.2) is 8.78 Å². The lowest BCUT2D eigenvalue weighted by molar-refractivity contribution is -0.117. The first kappa shape index (κ1) is 23.7. The van der Waals surface area contributed by atoms with Gasteiger partial charge in [-0.1, -0.05) is 29.3 Å². The lowest BCUT2D eigenvalue weighted by Gasteiger charge is -2.10. The zero-order valence-electron chi connectivity index (χ0n) is 17.1. The van der Waals surface area contributed by atoms with Crippen molar-refractivity contribution < 1.29 is 18.4 Å². The van der Waals surface area contributed by atoms with Crippen molar-refractivity contribution in [3.05, 3.63) is 93.2 Å². The van der Waals surface area contributed by atoms with Crippen LogP contribution in [0.5, 0.6) is 0 Å². The van der Waals surface area contributed by atoms with E-state index in [1.165, 1.54) is 42.5 Å². The molecule has 0 aliphatic heterocycles. The molecule has 2 N–H and O–H groups in total. The predicted octanol–water partition coefficient (Wildman–Crippen LogP) is 7.11. The molecule has 4 nitrogen and oxygen atoms in total. The third-order valence-corrected chi connectivity index (χ3v) is 6.87. The summed E-state index contributed by atoms with van der Waals surface area (Å²) in [6, 6.07) is 14.8. The highest BCUT2D eigenvalue weighted by Gasteiger charge is 2.69. The molecular formula is C24H17BrCl2F2N2O2. The Balaban J connectivity index is 1.50. The SMILES string of the molecule is Cc1cc(Cl)cc(C2C(C(=O)Nc3ccc(Cl)c(C(=O)Nc4ccc(F)cc4)c3)C2(F)Br)c1. The minimum absolute atomic E-state index is 0.0990. The third kappa shape index (κ3) is 5.05. The quantitative estimate of drug-likeness (QED) is 0.331. The summed E-state index contributed by atoms with van der Waals surface area (Å²) in [5, 5.41) is 5.89. The van der Waals surface area contributed by atoms with Gasteiger partial charge in [-0.05, 0) is 88.6 Å². The Bertz CT molecular complexity index is 1230. The van der Waals surface area contributed by atoms with E-state index in [0.29, 0.717) is 16.3 Å². The van der Waals surface area contributed by atoms with Gasteiger partial charge in [0.05, 0.1) is 16.5 Å². The average molecular weight is 554 g/mol. The number of halogens is 5. The van der Waals surface area contributed by atoms with Crippen LogP contribution in [0.1, 0.15) is 27.4 Å². The molecule has 4 rings (SSSR count). The summed E-state index contributed by atoms with van der Waals surface area (Å²) in [5.74, 6) is -3.21. The van der Waals surface area contributed by atoms with E-state index >= 15 is 4.39 Å². The topological polar surface area (TPSA) is 58.2 Å². The van der Waals surface area contributed by atoms with Gasteiger partial charge in [0.15, 0.2) is 4.58 Å². The van der Waals surface area contributed by atoms with Crippen LogP contribution >= 0.6 is 39.1 Å². The van der Waals surface area contributed by atoms with Crippen molar-refractivity contribution in [2.24, 2.45) is 5.92 Å². The fourth-order valence-corrected chi connectivity index (χ4v) is 5.11. The Hall–Kier alpha value is -2.48. The summed E-state index contributed by atoms with van der Waals surface area (Å²) in [6.45, 7) is 1.84. The number of rotatable bonds is 5. The molecule has 2 amide bonds. The molecule has 0 bridgehead atoms. The van der Waals surface area contributed by atoms with Crippen molar-refractivity contribution in [3.8, 4) is 0 Å². The van der Waals surface area contributed by atoms with Crippen LogP contribution in [-0.2, 0) is 4.79 Å². The van der Waals surface area contributed by atoms with Crippen molar-refractivity contribution in [3.63, 3.8) is 0 Å². The van der Waals surface area contributed by atoms with E-state index in [1.807, 2.05) is 6.92 Å². The molecule has 33 heavy (non-hydrogen) atoms. The minimum Gasteiger partial charge on any atom is -0.326 e. The van der Waals surface area contributed by atoms with Crippen molar-refractivity contribution >= 4 is 62.3 Å². The van der Waals surface area contributed by atoms with Gasteiger partial charge in [-0.15, -0.1) is 0 Å². The summed E-state index contributed by atoms with van der Waals surface area (Å²) in [4.78, 5) is 25.5. The van der Waals surface area contributed by atoms with Crippen molar-refractivity contribution in [2.45, 2.75) is 17.4 Å². The summed E-state index contributed by atoms with van der Waals surface area (Å²) in [7, 11) is 0. The molecule has 3 aromatic carbocycles. The van der Waals surface area contributed by atoms with E-state index in [2.05, 4.69) is 26.6 Å². The fourth-order valence-electron chi connectivity index (χ4n) is 3.74. The van der Waals surface area contributed by atoms with Crippen LogP contribution < -0.4 is 10.6 Å². The van der Waals surface area contributed by atoms with Gasteiger partial charge in [0.1, 0.15) is 5.82 Å². The van der Waals surface area contributed by atoms with E-state index in [4.69, 9.17) is 23.2 Å². The van der Waals surface area contributed by atoms with E-state index in [-0.39, 0.29) is 16.3 Å². The van der Waals surface area contributed by atoms with Gasteiger partial charge in [0.25, 0.3) is 5.91 Å². The number of carbonyl (C=O) groups is 2. The Kier molecular flexibility index (Phi) is 6.49. The largest absolute Gasteiger partial charge is 0.326 e. The molecule has 0 spiro atoms. The summed E-state index contributed by atoms with van der Waals surface area (Å²) in [6.07, 6.45) is 0. The molecule has 3 unspecified atom stereocenters. The van der Waals surface area contributed by atoms with Gasteiger partial charge in [-0.3, -0.25) is 9.59 Å². The number of alkyl halides is 2. The normalized spacial score (nSPS) is 21.4. The monoisotopic (exact) mass is 552 g/mol. The van der Waals surface area contributed by atoms with E-state index in [0.717, 1.165) is 5.56 Å². The third-order valence-electron chi connectivity index (χ3n) is 5.34. The summed E-state index contributed by atoms with van der Waals surface area (Å²) >= 11 is 15.3. The first-order valence-corrected chi connectivity index (χ1v) is 11.4. The smallest absolute Gasteiger partial charge is 0.257 e. The first-order valence-electron chi connectivity index (χ1n) is 9.88.